The number of hydrogen-bond acceptors (Lipinski definition) is 3. The molecule has 0 saturated carbocycles. The zero-order chi connectivity index (χ0) is 9.68. The van der Waals surface area contributed by atoms with Crippen LogP contribution in [0.1, 0.15) is 18.9 Å². The van der Waals surface area contributed by atoms with Gasteiger partial charge in [0.05, 0.1) is 6.04 Å². The van der Waals surface area contributed by atoms with Gasteiger partial charge in [-0.3, -0.25) is 4.79 Å². The van der Waals surface area contributed by atoms with Crippen molar-refractivity contribution in [3.63, 3.8) is 0 Å². The monoisotopic (exact) mass is 198 g/mol. The van der Waals surface area contributed by atoms with E-state index in [2.05, 4.69) is 5.32 Å². The van der Waals surface area contributed by atoms with Gasteiger partial charge >= 0.3 is 0 Å². The van der Waals surface area contributed by atoms with Crippen LogP contribution in [0.15, 0.2) is 16.8 Å². The first-order valence-electron chi connectivity index (χ1n) is 4.28. The Morgan fingerprint density at radius 1 is 1.77 bits per heavy atom. The van der Waals surface area contributed by atoms with E-state index in [0.29, 0.717) is 13.0 Å². The standard InChI is InChI=1S/C9H14N2OS/c1-2-8(10)9(12)11-5-7-3-4-13-6-7/h3-4,6,8H,2,5,10H2,1H3,(H,11,12)/t8-/m1/s1. The highest BCUT2D eigenvalue weighted by Gasteiger charge is 2.09. The van der Waals surface area contributed by atoms with Crippen LogP contribution < -0.4 is 11.1 Å². The fourth-order valence-corrected chi connectivity index (χ4v) is 1.57. The maximum Gasteiger partial charge on any atom is 0.237 e. The minimum absolute atomic E-state index is 0.0753. The minimum atomic E-state index is -0.376. The van der Waals surface area contributed by atoms with E-state index in [1.807, 2.05) is 23.8 Å². The lowest BCUT2D eigenvalue weighted by molar-refractivity contribution is -0.122. The molecule has 0 bridgehead atoms. The van der Waals surface area contributed by atoms with Crippen LogP contribution in [-0.2, 0) is 11.3 Å². The van der Waals surface area contributed by atoms with Gasteiger partial charge in [0.25, 0.3) is 0 Å². The Morgan fingerprint density at radius 2 is 2.54 bits per heavy atom. The smallest absolute Gasteiger partial charge is 0.237 e. The zero-order valence-corrected chi connectivity index (χ0v) is 8.43. The van der Waals surface area contributed by atoms with Gasteiger partial charge in [0, 0.05) is 6.54 Å². The van der Waals surface area contributed by atoms with Gasteiger partial charge < -0.3 is 11.1 Å². The van der Waals surface area contributed by atoms with Crippen LogP contribution in [-0.4, -0.2) is 11.9 Å². The highest BCUT2D eigenvalue weighted by molar-refractivity contribution is 7.07. The quantitative estimate of drug-likeness (QED) is 0.761. The summed E-state index contributed by atoms with van der Waals surface area (Å²) < 4.78 is 0. The number of carbonyl (C=O) groups excluding carboxylic acids is 1. The van der Waals surface area contributed by atoms with Crippen molar-refractivity contribution in [3.05, 3.63) is 22.4 Å². The predicted octanol–water partition coefficient (Wildman–Crippen LogP) is 1.10. The molecule has 0 fully saturated rings. The molecule has 0 radical (unpaired) electrons. The summed E-state index contributed by atoms with van der Waals surface area (Å²) in [5, 5.41) is 6.78. The summed E-state index contributed by atoms with van der Waals surface area (Å²) in [7, 11) is 0. The highest BCUT2D eigenvalue weighted by Crippen LogP contribution is 2.04. The molecule has 1 rings (SSSR count). The molecule has 1 amide bonds. The molecule has 4 heteroatoms. The lowest BCUT2D eigenvalue weighted by atomic mass is 10.2. The molecule has 72 valence electrons. The third kappa shape index (κ3) is 3.16. The lowest BCUT2D eigenvalue weighted by Crippen LogP contribution is -2.39. The molecule has 0 aliphatic carbocycles. The Bertz CT molecular complexity index is 259. The molecule has 1 aromatic rings. The Labute approximate surface area is 81.9 Å². The largest absolute Gasteiger partial charge is 0.351 e. The molecule has 13 heavy (non-hydrogen) atoms. The highest BCUT2D eigenvalue weighted by atomic mass is 32.1. The minimum Gasteiger partial charge on any atom is -0.351 e. The van der Waals surface area contributed by atoms with Gasteiger partial charge in [0.2, 0.25) is 5.91 Å². The molecule has 1 atom stereocenters. The van der Waals surface area contributed by atoms with Crippen LogP contribution in [0.2, 0.25) is 0 Å². The van der Waals surface area contributed by atoms with E-state index >= 15 is 0 Å². The number of hydrogen-bond donors (Lipinski definition) is 2. The van der Waals surface area contributed by atoms with Crippen LogP contribution in [0, 0.1) is 0 Å². The zero-order valence-electron chi connectivity index (χ0n) is 7.62. The Hall–Kier alpha value is -0.870. The van der Waals surface area contributed by atoms with Crippen molar-refractivity contribution in [3.8, 4) is 0 Å². The molecule has 1 aromatic heterocycles. The third-order valence-corrected chi connectivity index (χ3v) is 2.56. The molecular weight excluding hydrogens is 184 g/mol. The van der Waals surface area contributed by atoms with E-state index in [9.17, 15) is 4.79 Å². The topological polar surface area (TPSA) is 55.1 Å². The van der Waals surface area contributed by atoms with Crippen molar-refractivity contribution in [1.82, 2.24) is 5.32 Å². The second-order valence-corrected chi connectivity index (χ2v) is 3.64. The van der Waals surface area contributed by atoms with Crippen LogP contribution in [0.4, 0.5) is 0 Å². The van der Waals surface area contributed by atoms with E-state index < -0.39 is 0 Å². The average molecular weight is 198 g/mol. The van der Waals surface area contributed by atoms with Gasteiger partial charge in [0.15, 0.2) is 0 Å². The maximum atomic E-state index is 11.2. The Morgan fingerprint density at radius 3 is 3.08 bits per heavy atom. The number of thiophene rings is 1. The van der Waals surface area contributed by atoms with Gasteiger partial charge in [0.1, 0.15) is 0 Å². The first-order valence-corrected chi connectivity index (χ1v) is 5.22. The summed E-state index contributed by atoms with van der Waals surface area (Å²) in [6.45, 7) is 2.48. The van der Waals surface area contributed by atoms with Gasteiger partial charge in [-0.05, 0) is 28.8 Å². The Balaban J connectivity index is 2.31. The third-order valence-electron chi connectivity index (χ3n) is 1.82. The number of rotatable bonds is 4. The fourth-order valence-electron chi connectivity index (χ4n) is 0.899. The molecule has 0 spiro atoms. The van der Waals surface area contributed by atoms with Crippen LogP contribution in [0.25, 0.3) is 0 Å². The number of nitrogens with two attached hydrogens (primary N) is 1. The van der Waals surface area contributed by atoms with Crippen LogP contribution >= 0.6 is 11.3 Å². The van der Waals surface area contributed by atoms with Crippen LogP contribution in [0.3, 0.4) is 0 Å². The van der Waals surface area contributed by atoms with Crippen LogP contribution in [0.5, 0.6) is 0 Å². The SMILES string of the molecule is CC[C@@H](N)C(=O)NCc1ccsc1. The van der Waals surface area contributed by atoms with Gasteiger partial charge in [-0.1, -0.05) is 6.92 Å². The van der Waals surface area contributed by atoms with Gasteiger partial charge in [-0.25, -0.2) is 0 Å². The van der Waals surface area contributed by atoms with E-state index in [0.717, 1.165) is 5.56 Å². The molecule has 1 heterocycles. The first kappa shape index (κ1) is 10.2. The van der Waals surface area contributed by atoms with Gasteiger partial charge in [-0.2, -0.15) is 11.3 Å². The maximum absolute atomic E-state index is 11.2. The van der Waals surface area contributed by atoms with Crippen molar-refractivity contribution < 1.29 is 4.79 Å². The molecular formula is C9H14N2OS. The lowest BCUT2D eigenvalue weighted by Gasteiger charge is -2.08. The number of carbonyl (C=O) groups is 1. The average Bonchev–Trinajstić information content (AvgIpc) is 2.65. The second-order valence-electron chi connectivity index (χ2n) is 2.86. The van der Waals surface area contributed by atoms with E-state index in [1.54, 1.807) is 11.3 Å². The van der Waals surface area contributed by atoms with E-state index in [4.69, 9.17) is 5.73 Å². The summed E-state index contributed by atoms with van der Waals surface area (Å²) in [5.74, 6) is -0.0753. The predicted molar refractivity (Wildman–Crippen MR) is 54.4 cm³/mol. The van der Waals surface area contributed by atoms with Crippen molar-refractivity contribution >= 4 is 17.2 Å². The molecule has 0 unspecified atom stereocenters. The molecule has 0 aromatic carbocycles. The summed E-state index contributed by atoms with van der Waals surface area (Å²) in [6, 6.07) is 1.61. The first-order chi connectivity index (χ1) is 6.24. The summed E-state index contributed by atoms with van der Waals surface area (Å²) in [4.78, 5) is 11.2. The van der Waals surface area contributed by atoms with E-state index in [1.165, 1.54) is 0 Å². The summed E-state index contributed by atoms with van der Waals surface area (Å²) in [6.07, 6.45) is 0.676. The van der Waals surface area contributed by atoms with Gasteiger partial charge in [-0.15, -0.1) is 0 Å². The molecule has 3 nitrogen and oxygen atoms in total. The van der Waals surface area contributed by atoms with Crippen molar-refractivity contribution in [2.75, 3.05) is 0 Å². The van der Waals surface area contributed by atoms with Crippen molar-refractivity contribution in [2.45, 2.75) is 25.9 Å². The molecule has 0 aliphatic heterocycles. The normalized spacial score (nSPS) is 12.5. The van der Waals surface area contributed by atoms with E-state index in [-0.39, 0.29) is 11.9 Å². The van der Waals surface area contributed by atoms with Crippen molar-refractivity contribution in [2.24, 2.45) is 5.73 Å². The molecule has 0 saturated heterocycles. The second kappa shape index (κ2) is 4.99. The molecule has 0 aliphatic rings. The Kier molecular flexibility index (Phi) is 3.92. The molecule has 3 N–H and O–H groups in total. The number of nitrogens with one attached hydrogen (secondary N) is 1. The fraction of sp³-hybridized carbons (Fsp3) is 0.444. The van der Waals surface area contributed by atoms with Crippen molar-refractivity contribution in [1.29, 1.82) is 0 Å². The summed E-state index contributed by atoms with van der Waals surface area (Å²) in [5.41, 5.74) is 6.67. The summed E-state index contributed by atoms with van der Waals surface area (Å²) >= 11 is 1.62. The number of amides is 1.